The van der Waals surface area contributed by atoms with Gasteiger partial charge in [0.1, 0.15) is 6.04 Å². The molecule has 0 aliphatic rings. The number of nitrogens with zero attached hydrogens (tertiary/aromatic N) is 1. The van der Waals surface area contributed by atoms with E-state index in [1.807, 2.05) is 20.8 Å². The van der Waals surface area contributed by atoms with E-state index in [0.717, 1.165) is 0 Å². The van der Waals surface area contributed by atoms with Gasteiger partial charge in [-0.05, 0) is 24.8 Å². The first-order chi connectivity index (χ1) is 7.97. The Morgan fingerprint density at radius 1 is 1.47 bits per heavy atom. The molecule has 0 saturated heterocycles. The fraction of sp³-hybridized carbons (Fsp3) is 0.538. The second-order valence-electron chi connectivity index (χ2n) is 4.58. The van der Waals surface area contributed by atoms with Crippen LogP contribution in [0.4, 0.5) is 0 Å². The van der Waals surface area contributed by atoms with Crippen LogP contribution in [0.15, 0.2) is 23.1 Å². The lowest BCUT2D eigenvalue weighted by Gasteiger charge is -2.18. The zero-order valence-corrected chi connectivity index (χ0v) is 10.5. The van der Waals surface area contributed by atoms with Gasteiger partial charge >= 0.3 is 5.97 Å². The Morgan fingerprint density at radius 2 is 2.12 bits per heavy atom. The smallest absolute Gasteiger partial charge is 0.326 e. The Morgan fingerprint density at radius 3 is 2.59 bits per heavy atom. The Labute approximate surface area is 101 Å². The molecule has 4 nitrogen and oxygen atoms in total. The molecule has 0 saturated carbocycles. The van der Waals surface area contributed by atoms with Crippen molar-refractivity contribution in [3.8, 4) is 0 Å². The number of carbonyl (C=O) groups is 1. The molecular weight excluding hydrogens is 218 g/mol. The summed E-state index contributed by atoms with van der Waals surface area (Å²) < 4.78 is 1.33. The third-order valence-corrected chi connectivity index (χ3v) is 2.75. The molecule has 1 aromatic rings. The molecule has 1 unspecified atom stereocenters. The number of aliphatic carboxylic acids is 1. The molecule has 0 radical (unpaired) electrons. The van der Waals surface area contributed by atoms with Crippen LogP contribution in [0, 0.1) is 5.92 Å². The van der Waals surface area contributed by atoms with E-state index in [4.69, 9.17) is 0 Å². The van der Waals surface area contributed by atoms with Crippen LogP contribution < -0.4 is 5.56 Å². The van der Waals surface area contributed by atoms with Crippen molar-refractivity contribution in [1.29, 1.82) is 0 Å². The number of carboxylic acid groups (broad SMARTS) is 1. The monoisotopic (exact) mass is 237 g/mol. The van der Waals surface area contributed by atoms with Crippen LogP contribution in [0.25, 0.3) is 0 Å². The molecule has 0 fully saturated rings. The first-order valence-electron chi connectivity index (χ1n) is 5.90. The predicted octanol–water partition coefficient (Wildman–Crippen LogP) is 2.08. The van der Waals surface area contributed by atoms with Gasteiger partial charge in [-0.2, -0.15) is 0 Å². The first kappa shape index (κ1) is 13.5. The molecule has 0 aromatic carbocycles. The van der Waals surface area contributed by atoms with Crippen molar-refractivity contribution in [3.63, 3.8) is 0 Å². The van der Waals surface area contributed by atoms with E-state index in [2.05, 4.69) is 0 Å². The van der Waals surface area contributed by atoms with E-state index in [9.17, 15) is 14.7 Å². The minimum Gasteiger partial charge on any atom is -0.480 e. The highest BCUT2D eigenvalue weighted by atomic mass is 16.4. The second-order valence-corrected chi connectivity index (χ2v) is 4.58. The molecule has 0 amide bonds. The molecule has 1 aromatic heterocycles. The van der Waals surface area contributed by atoms with Gasteiger partial charge in [0.25, 0.3) is 5.56 Å². The highest BCUT2D eigenvalue weighted by Gasteiger charge is 2.22. The molecule has 0 aliphatic carbocycles. The first-order valence-corrected chi connectivity index (χ1v) is 5.90. The third kappa shape index (κ3) is 3.19. The molecule has 0 bridgehead atoms. The molecule has 1 N–H and O–H groups in total. The number of aryl methyl sites for hydroxylation is 1. The molecule has 0 spiro atoms. The molecule has 0 aliphatic heterocycles. The number of hydrogen-bond acceptors (Lipinski definition) is 2. The van der Waals surface area contributed by atoms with Crippen molar-refractivity contribution in [2.45, 2.75) is 39.7 Å². The van der Waals surface area contributed by atoms with Gasteiger partial charge < -0.3 is 9.67 Å². The third-order valence-electron chi connectivity index (χ3n) is 2.75. The van der Waals surface area contributed by atoms with E-state index in [0.29, 0.717) is 18.4 Å². The van der Waals surface area contributed by atoms with Gasteiger partial charge in [-0.25, -0.2) is 4.79 Å². The number of rotatable bonds is 5. The number of hydrogen-bond donors (Lipinski definition) is 1. The van der Waals surface area contributed by atoms with E-state index < -0.39 is 12.0 Å². The van der Waals surface area contributed by atoms with Gasteiger partial charge in [0.15, 0.2) is 0 Å². The normalized spacial score (nSPS) is 12.7. The summed E-state index contributed by atoms with van der Waals surface area (Å²) in [5.74, 6) is -0.720. The number of carboxylic acids is 1. The Hall–Kier alpha value is -1.58. The minimum absolute atomic E-state index is 0.192. The lowest BCUT2D eigenvalue weighted by Crippen LogP contribution is -2.32. The molecule has 1 heterocycles. The van der Waals surface area contributed by atoms with Crippen molar-refractivity contribution in [1.82, 2.24) is 4.57 Å². The van der Waals surface area contributed by atoms with Crippen LogP contribution in [0.2, 0.25) is 0 Å². The molecule has 1 rings (SSSR count). The van der Waals surface area contributed by atoms with Crippen LogP contribution >= 0.6 is 0 Å². The van der Waals surface area contributed by atoms with Crippen LogP contribution in [-0.2, 0) is 11.2 Å². The Balaban J connectivity index is 3.19. The summed E-state index contributed by atoms with van der Waals surface area (Å²) in [6.07, 6.45) is 2.64. The zero-order valence-electron chi connectivity index (χ0n) is 10.5. The fourth-order valence-corrected chi connectivity index (χ4v) is 1.85. The van der Waals surface area contributed by atoms with Crippen molar-refractivity contribution in [2.75, 3.05) is 0 Å². The maximum Gasteiger partial charge on any atom is 0.326 e. The summed E-state index contributed by atoms with van der Waals surface area (Å²) in [5.41, 5.74) is 0.463. The number of aromatic nitrogens is 1. The predicted molar refractivity (Wildman–Crippen MR) is 66.2 cm³/mol. The van der Waals surface area contributed by atoms with Gasteiger partial charge in [-0.15, -0.1) is 0 Å². The summed E-state index contributed by atoms with van der Waals surface area (Å²) in [5, 5.41) is 9.20. The van der Waals surface area contributed by atoms with Crippen LogP contribution in [-0.4, -0.2) is 15.6 Å². The average molecular weight is 237 g/mol. The van der Waals surface area contributed by atoms with E-state index in [1.54, 1.807) is 18.3 Å². The van der Waals surface area contributed by atoms with E-state index in [1.165, 1.54) is 4.57 Å². The molecule has 94 valence electrons. The molecule has 17 heavy (non-hydrogen) atoms. The quantitative estimate of drug-likeness (QED) is 0.853. The largest absolute Gasteiger partial charge is 0.480 e. The van der Waals surface area contributed by atoms with Gasteiger partial charge in [-0.3, -0.25) is 4.79 Å². The van der Waals surface area contributed by atoms with E-state index in [-0.39, 0.29) is 11.5 Å². The lowest BCUT2D eigenvalue weighted by molar-refractivity contribution is -0.141. The summed E-state index contributed by atoms with van der Waals surface area (Å²) in [4.78, 5) is 23.3. The highest BCUT2D eigenvalue weighted by molar-refractivity contribution is 5.71. The van der Waals surface area contributed by atoms with Gasteiger partial charge in [0.2, 0.25) is 0 Å². The molecule has 1 atom stereocenters. The van der Waals surface area contributed by atoms with Gasteiger partial charge in [0, 0.05) is 11.8 Å². The van der Waals surface area contributed by atoms with Crippen LogP contribution in [0.5, 0.6) is 0 Å². The fourth-order valence-electron chi connectivity index (χ4n) is 1.85. The Bertz CT molecular complexity index is 448. The van der Waals surface area contributed by atoms with Gasteiger partial charge in [-0.1, -0.05) is 26.8 Å². The maximum absolute atomic E-state index is 12.0. The summed E-state index contributed by atoms with van der Waals surface area (Å²) in [6.45, 7) is 5.79. The number of pyridine rings is 1. The standard InChI is InChI=1S/C13H19NO3/c1-4-10-6-5-7-14(12(10)15)11(13(16)17)8-9(2)3/h5-7,9,11H,4,8H2,1-3H3,(H,16,17). The zero-order chi connectivity index (χ0) is 13.0. The second kappa shape index (κ2) is 5.66. The summed E-state index contributed by atoms with van der Waals surface area (Å²) in [6, 6.07) is 2.71. The maximum atomic E-state index is 12.0. The molecular formula is C13H19NO3. The molecule has 4 heteroatoms. The van der Waals surface area contributed by atoms with Crippen molar-refractivity contribution in [3.05, 3.63) is 34.2 Å². The SMILES string of the molecule is CCc1cccn(C(CC(C)C)C(=O)O)c1=O. The summed E-state index contributed by atoms with van der Waals surface area (Å²) >= 11 is 0. The Kier molecular flexibility index (Phi) is 4.49. The summed E-state index contributed by atoms with van der Waals surface area (Å²) in [7, 11) is 0. The van der Waals surface area contributed by atoms with Crippen LogP contribution in [0.3, 0.4) is 0 Å². The van der Waals surface area contributed by atoms with Crippen molar-refractivity contribution >= 4 is 5.97 Å². The van der Waals surface area contributed by atoms with Crippen molar-refractivity contribution in [2.24, 2.45) is 5.92 Å². The average Bonchev–Trinajstić information content (AvgIpc) is 2.26. The van der Waals surface area contributed by atoms with Crippen LogP contribution in [0.1, 0.15) is 38.8 Å². The lowest BCUT2D eigenvalue weighted by atomic mass is 10.0. The van der Waals surface area contributed by atoms with Crippen molar-refractivity contribution < 1.29 is 9.90 Å². The van der Waals surface area contributed by atoms with Gasteiger partial charge in [0.05, 0.1) is 0 Å². The highest BCUT2D eigenvalue weighted by Crippen LogP contribution is 2.16. The topological polar surface area (TPSA) is 59.3 Å². The van der Waals surface area contributed by atoms with E-state index >= 15 is 0 Å². The minimum atomic E-state index is -0.950.